The first-order valence-corrected chi connectivity index (χ1v) is 11.9. The van der Waals surface area contributed by atoms with E-state index in [0.29, 0.717) is 24.6 Å². The molecule has 0 spiro atoms. The lowest BCUT2D eigenvalue weighted by Gasteiger charge is -2.21. The molecule has 1 aromatic rings. The number of anilines is 1. The maximum absolute atomic E-state index is 12.4. The summed E-state index contributed by atoms with van der Waals surface area (Å²) in [5, 5.41) is 13.1. The molecule has 0 heterocycles. The average molecular weight is 425 g/mol. The number of carbonyl (C=O) groups is 1. The van der Waals surface area contributed by atoms with Gasteiger partial charge in [-0.05, 0) is 57.2 Å². The number of benzene rings is 1. The van der Waals surface area contributed by atoms with Crippen molar-refractivity contribution in [2.45, 2.75) is 77.4 Å². The van der Waals surface area contributed by atoms with Crippen LogP contribution in [-0.4, -0.2) is 33.3 Å². The van der Waals surface area contributed by atoms with Gasteiger partial charge in [-0.2, -0.15) is 0 Å². The molecule has 1 aliphatic carbocycles. The fraction of sp³-hybridized carbons (Fsp3) is 0.682. The lowest BCUT2D eigenvalue weighted by atomic mass is 9.88. The summed E-state index contributed by atoms with van der Waals surface area (Å²) in [7, 11) is -1.12. The van der Waals surface area contributed by atoms with Crippen molar-refractivity contribution in [1.29, 1.82) is 0 Å². The zero-order valence-corrected chi connectivity index (χ0v) is 18.7. The van der Waals surface area contributed by atoms with Crippen molar-refractivity contribution >= 4 is 22.8 Å². The predicted octanol–water partition coefficient (Wildman–Crippen LogP) is 4.68. The average Bonchev–Trinajstić information content (AvgIpc) is 2.66. The number of hydrogen-bond acceptors (Lipinski definition) is 4. The van der Waals surface area contributed by atoms with Gasteiger partial charge in [-0.3, -0.25) is 0 Å². The fourth-order valence-corrected chi connectivity index (χ4v) is 4.57. The van der Waals surface area contributed by atoms with Gasteiger partial charge >= 0.3 is 6.09 Å². The normalized spacial score (nSPS) is 17.4. The third-order valence-corrected chi connectivity index (χ3v) is 6.10. The van der Waals surface area contributed by atoms with Crippen LogP contribution in [0.2, 0.25) is 0 Å². The zero-order valence-electron chi connectivity index (χ0n) is 17.9. The fourth-order valence-electron chi connectivity index (χ4n) is 3.53. The highest BCUT2D eigenvalue weighted by Crippen LogP contribution is 2.26. The largest absolute Gasteiger partial charge is 0.444 e. The van der Waals surface area contributed by atoms with Crippen molar-refractivity contribution in [2.75, 3.05) is 17.0 Å². The second kappa shape index (κ2) is 11.6. The first-order chi connectivity index (χ1) is 13.7. The Labute approximate surface area is 177 Å². The summed E-state index contributed by atoms with van der Waals surface area (Å²) in [5.41, 5.74) is 0.920. The molecule has 2 rings (SSSR count). The standard InChI is InChI=1S/C22H36N2O4S/c1-22(2,3)28-21(26)23-14-12-20(25)18-10-7-11-19(16-18)24-29(27)15-13-17-8-5-4-6-9-17/h7,10-11,16-17,20,24-25H,4-6,8-9,12-15H2,1-3H3,(H,23,26). The molecule has 6 nitrogen and oxygen atoms in total. The second-order valence-electron chi connectivity index (χ2n) is 8.80. The van der Waals surface area contributed by atoms with Crippen LogP contribution in [0.5, 0.6) is 0 Å². The molecule has 1 aliphatic rings. The van der Waals surface area contributed by atoms with Crippen molar-refractivity contribution in [3.63, 3.8) is 0 Å². The van der Waals surface area contributed by atoms with E-state index in [-0.39, 0.29) is 0 Å². The maximum Gasteiger partial charge on any atom is 0.407 e. The van der Waals surface area contributed by atoms with E-state index in [1.54, 1.807) is 20.8 Å². The first kappa shape index (κ1) is 23.7. The van der Waals surface area contributed by atoms with Crippen molar-refractivity contribution in [2.24, 2.45) is 5.92 Å². The number of amides is 1. The van der Waals surface area contributed by atoms with Crippen LogP contribution in [0.15, 0.2) is 24.3 Å². The summed E-state index contributed by atoms with van der Waals surface area (Å²) in [6, 6.07) is 7.33. The summed E-state index contributed by atoms with van der Waals surface area (Å²) >= 11 is 0. The van der Waals surface area contributed by atoms with Crippen LogP contribution in [0.1, 0.15) is 77.4 Å². The highest BCUT2D eigenvalue weighted by atomic mass is 32.2. The summed E-state index contributed by atoms with van der Waals surface area (Å²) < 4.78 is 20.6. The minimum absolute atomic E-state index is 0.307. The summed E-state index contributed by atoms with van der Waals surface area (Å²) in [6.07, 6.45) is 6.61. The van der Waals surface area contributed by atoms with Gasteiger partial charge < -0.3 is 19.9 Å². The molecular weight excluding hydrogens is 388 g/mol. The predicted molar refractivity (Wildman–Crippen MR) is 118 cm³/mol. The molecule has 164 valence electrons. The summed E-state index contributed by atoms with van der Waals surface area (Å²) in [6.45, 7) is 5.72. The minimum Gasteiger partial charge on any atom is -0.444 e. The molecule has 0 saturated heterocycles. The summed E-state index contributed by atoms with van der Waals surface area (Å²) in [5.74, 6) is 1.36. The quantitative estimate of drug-likeness (QED) is 0.537. The van der Waals surface area contributed by atoms with Gasteiger partial charge in [0.05, 0.1) is 6.10 Å². The molecular formula is C22H36N2O4S. The third kappa shape index (κ3) is 9.63. The van der Waals surface area contributed by atoms with Crippen molar-refractivity contribution in [3.05, 3.63) is 29.8 Å². The van der Waals surface area contributed by atoms with Gasteiger partial charge in [0.15, 0.2) is 0 Å². The Kier molecular flexibility index (Phi) is 9.43. The maximum atomic E-state index is 12.4. The number of aliphatic hydroxyl groups excluding tert-OH is 1. The Bertz CT molecular complexity index is 669. The van der Waals surface area contributed by atoms with E-state index >= 15 is 0 Å². The smallest absolute Gasteiger partial charge is 0.407 e. The molecule has 2 unspecified atom stereocenters. The second-order valence-corrected chi connectivity index (χ2v) is 10.1. The molecule has 0 aliphatic heterocycles. The van der Waals surface area contributed by atoms with Crippen LogP contribution in [0, 0.1) is 5.92 Å². The van der Waals surface area contributed by atoms with E-state index in [0.717, 1.165) is 17.7 Å². The number of alkyl carbamates (subject to hydrolysis) is 1. The Balaban J connectivity index is 1.75. The number of nitrogens with one attached hydrogen (secondary N) is 2. The Morgan fingerprint density at radius 1 is 1.28 bits per heavy atom. The van der Waals surface area contributed by atoms with Gasteiger partial charge in [0.25, 0.3) is 0 Å². The van der Waals surface area contributed by atoms with Crippen molar-refractivity contribution < 1.29 is 18.8 Å². The van der Waals surface area contributed by atoms with E-state index in [2.05, 4.69) is 10.0 Å². The number of hydrogen-bond donors (Lipinski definition) is 3. The Hall–Kier alpha value is -1.60. The van der Waals surface area contributed by atoms with Crippen LogP contribution in [0.4, 0.5) is 10.5 Å². The molecule has 0 radical (unpaired) electrons. The van der Waals surface area contributed by atoms with E-state index in [9.17, 15) is 14.1 Å². The SMILES string of the molecule is CC(C)(C)OC(=O)NCCC(O)c1cccc(NS(=O)CCC2CCCCC2)c1. The van der Waals surface area contributed by atoms with E-state index in [1.165, 1.54) is 32.1 Å². The van der Waals surface area contributed by atoms with Crippen LogP contribution in [0.3, 0.4) is 0 Å². The lowest BCUT2D eigenvalue weighted by molar-refractivity contribution is 0.0518. The van der Waals surface area contributed by atoms with E-state index < -0.39 is 28.8 Å². The van der Waals surface area contributed by atoms with Gasteiger partial charge in [0.1, 0.15) is 16.6 Å². The van der Waals surface area contributed by atoms with Gasteiger partial charge in [0.2, 0.25) is 0 Å². The van der Waals surface area contributed by atoms with Crippen LogP contribution < -0.4 is 10.0 Å². The highest BCUT2D eigenvalue weighted by Gasteiger charge is 2.17. The van der Waals surface area contributed by atoms with Crippen LogP contribution in [-0.2, 0) is 15.7 Å². The first-order valence-electron chi connectivity index (χ1n) is 10.6. The molecule has 0 bridgehead atoms. The molecule has 0 aromatic heterocycles. The molecule has 1 amide bonds. The molecule has 3 N–H and O–H groups in total. The highest BCUT2D eigenvalue weighted by molar-refractivity contribution is 7.86. The molecule has 1 fully saturated rings. The number of rotatable bonds is 9. The molecule has 1 saturated carbocycles. The minimum atomic E-state index is -1.12. The van der Waals surface area contributed by atoms with E-state index in [1.807, 2.05) is 24.3 Å². The molecule has 2 atom stereocenters. The number of carbonyl (C=O) groups excluding carboxylic acids is 1. The van der Waals surface area contributed by atoms with Gasteiger partial charge in [-0.25, -0.2) is 9.00 Å². The Morgan fingerprint density at radius 2 is 2.00 bits per heavy atom. The monoisotopic (exact) mass is 424 g/mol. The van der Waals surface area contributed by atoms with Gasteiger partial charge in [-0.1, -0.05) is 44.2 Å². The number of ether oxygens (including phenoxy) is 1. The lowest BCUT2D eigenvalue weighted by Crippen LogP contribution is -2.33. The number of aliphatic hydroxyl groups is 1. The molecule has 29 heavy (non-hydrogen) atoms. The van der Waals surface area contributed by atoms with Crippen LogP contribution >= 0.6 is 0 Å². The topological polar surface area (TPSA) is 87.7 Å². The van der Waals surface area contributed by atoms with Crippen molar-refractivity contribution in [3.8, 4) is 0 Å². The molecule has 7 heteroatoms. The van der Waals surface area contributed by atoms with Gasteiger partial charge in [-0.15, -0.1) is 0 Å². The third-order valence-electron chi connectivity index (χ3n) is 5.03. The van der Waals surface area contributed by atoms with Crippen LogP contribution in [0.25, 0.3) is 0 Å². The van der Waals surface area contributed by atoms with Crippen molar-refractivity contribution in [1.82, 2.24) is 5.32 Å². The molecule has 1 aromatic carbocycles. The zero-order chi connectivity index (χ0) is 21.3. The summed E-state index contributed by atoms with van der Waals surface area (Å²) in [4.78, 5) is 11.7. The van der Waals surface area contributed by atoms with Gasteiger partial charge in [0, 0.05) is 18.0 Å². The van der Waals surface area contributed by atoms with E-state index in [4.69, 9.17) is 4.74 Å². The Morgan fingerprint density at radius 3 is 2.69 bits per heavy atom.